The third-order valence-electron chi connectivity index (χ3n) is 3.80. The Morgan fingerprint density at radius 2 is 2.20 bits per heavy atom. The number of rotatable bonds is 2. The SMILES string of the molecule is CCC1CN(C)CCCN1C(=O)c1ccc(F)cc1I. The van der Waals surface area contributed by atoms with E-state index in [2.05, 4.69) is 18.9 Å². The van der Waals surface area contributed by atoms with Gasteiger partial charge in [0.25, 0.3) is 5.91 Å². The van der Waals surface area contributed by atoms with Crippen LogP contribution in [0.4, 0.5) is 4.39 Å². The minimum atomic E-state index is -0.298. The van der Waals surface area contributed by atoms with E-state index < -0.39 is 0 Å². The van der Waals surface area contributed by atoms with Crippen LogP contribution in [0.2, 0.25) is 0 Å². The van der Waals surface area contributed by atoms with Gasteiger partial charge >= 0.3 is 0 Å². The van der Waals surface area contributed by atoms with Crippen LogP contribution in [-0.2, 0) is 0 Å². The minimum Gasteiger partial charge on any atom is -0.334 e. The highest BCUT2D eigenvalue weighted by atomic mass is 127. The van der Waals surface area contributed by atoms with E-state index in [0.717, 1.165) is 32.5 Å². The fourth-order valence-electron chi connectivity index (χ4n) is 2.68. The lowest BCUT2D eigenvalue weighted by Gasteiger charge is -2.30. The molecule has 1 aromatic carbocycles. The molecule has 110 valence electrons. The largest absolute Gasteiger partial charge is 0.334 e. The molecule has 0 radical (unpaired) electrons. The van der Waals surface area contributed by atoms with Gasteiger partial charge in [0.05, 0.1) is 5.56 Å². The smallest absolute Gasteiger partial charge is 0.255 e. The van der Waals surface area contributed by atoms with Gasteiger partial charge in [-0.2, -0.15) is 0 Å². The Kier molecular flexibility index (Phi) is 5.37. The van der Waals surface area contributed by atoms with Crippen molar-refractivity contribution < 1.29 is 9.18 Å². The maximum absolute atomic E-state index is 13.2. The van der Waals surface area contributed by atoms with Crippen molar-refractivity contribution in [3.05, 3.63) is 33.1 Å². The van der Waals surface area contributed by atoms with Crippen LogP contribution in [0.15, 0.2) is 18.2 Å². The van der Waals surface area contributed by atoms with Crippen molar-refractivity contribution in [3.63, 3.8) is 0 Å². The standard InChI is InChI=1S/C15H20FIN2O/c1-3-12-10-18(2)7-4-8-19(12)15(20)13-6-5-11(16)9-14(13)17/h5-6,9,12H,3-4,7-8,10H2,1-2H3. The lowest BCUT2D eigenvalue weighted by atomic mass is 10.1. The third-order valence-corrected chi connectivity index (χ3v) is 4.69. The molecule has 5 heteroatoms. The lowest BCUT2D eigenvalue weighted by molar-refractivity contribution is 0.0674. The summed E-state index contributed by atoms with van der Waals surface area (Å²) in [5.74, 6) is -0.273. The molecule has 0 aromatic heterocycles. The summed E-state index contributed by atoms with van der Waals surface area (Å²) >= 11 is 2.03. The van der Waals surface area contributed by atoms with Gasteiger partial charge in [-0.1, -0.05) is 6.92 Å². The van der Waals surface area contributed by atoms with Gasteiger partial charge in [-0.15, -0.1) is 0 Å². The number of benzene rings is 1. The molecule has 20 heavy (non-hydrogen) atoms. The molecule has 2 rings (SSSR count). The Bertz CT molecular complexity index is 495. The normalized spacial score (nSPS) is 20.8. The van der Waals surface area contributed by atoms with Crippen LogP contribution in [0.25, 0.3) is 0 Å². The van der Waals surface area contributed by atoms with E-state index in [4.69, 9.17) is 0 Å². The van der Waals surface area contributed by atoms with Crippen molar-refractivity contribution in [2.75, 3.05) is 26.7 Å². The van der Waals surface area contributed by atoms with E-state index in [1.807, 2.05) is 27.5 Å². The van der Waals surface area contributed by atoms with E-state index in [1.54, 1.807) is 6.07 Å². The van der Waals surface area contributed by atoms with E-state index >= 15 is 0 Å². The minimum absolute atomic E-state index is 0.0246. The predicted octanol–water partition coefficient (Wildman–Crippen LogP) is 2.99. The summed E-state index contributed by atoms with van der Waals surface area (Å²) in [6.07, 6.45) is 1.92. The molecule has 1 saturated heterocycles. The molecule has 1 unspecified atom stereocenters. The van der Waals surface area contributed by atoms with Gasteiger partial charge < -0.3 is 9.80 Å². The molecule has 1 heterocycles. The maximum Gasteiger partial charge on any atom is 0.255 e. The molecule has 0 N–H and O–H groups in total. The summed E-state index contributed by atoms with van der Waals surface area (Å²) in [6.45, 7) is 4.80. The average molecular weight is 390 g/mol. The molecular weight excluding hydrogens is 370 g/mol. The third kappa shape index (κ3) is 3.49. The maximum atomic E-state index is 13.2. The van der Waals surface area contributed by atoms with Crippen LogP contribution in [0.1, 0.15) is 30.1 Å². The van der Waals surface area contributed by atoms with Crippen LogP contribution >= 0.6 is 22.6 Å². The van der Waals surface area contributed by atoms with Gasteiger partial charge in [0.2, 0.25) is 0 Å². The first kappa shape index (κ1) is 15.7. The summed E-state index contributed by atoms with van der Waals surface area (Å²) < 4.78 is 13.9. The Morgan fingerprint density at radius 1 is 1.45 bits per heavy atom. The first-order valence-electron chi connectivity index (χ1n) is 6.97. The van der Waals surface area contributed by atoms with Crippen LogP contribution in [0.5, 0.6) is 0 Å². The molecule has 0 saturated carbocycles. The van der Waals surface area contributed by atoms with Crippen LogP contribution in [0.3, 0.4) is 0 Å². The van der Waals surface area contributed by atoms with Crippen molar-refractivity contribution in [2.24, 2.45) is 0 Å². The fraction of sp³-hybridized carbons (Fsp3) is 0.533. The molecule has 1 aliphatic rings. The fourth-order valence-corrected chi connectivity index (χ4v) is 3.39. The average Bonchev–Trinajstić information content (AvgIpc) is 2.59. The number of hydrogen-bond acceptors (Lipinski definition) is 2. The lowest BCUT2D eigenvalue weighted by Crippen LogP contribution is -2.43. The summed E-state index contributed by atoms with van der Waals surface area (Å²) in [5, 5.41) is 0. The van der Waals surface area contributed by atoms with E-state index in [1.165, 1.54) is 12.1 Å². The van der Waals surface area contributed by atoms with Crippen molar-refractivity contribution in [1.82, 2.24) is 9.80 Å². The van der Waals surface area contributed by atoms with Gasteiger partial charge in [-0.3, -0.25) is 4.79 Å². The molecule has 1 amide bonds. The Hall–Kier alpha value is -0.690. The zero-order valence-corrected chi connectivity index (χ0v) is 14.1. The molecule has 1 aliphatic heterocycles. The molecule has 3 nitrogen and oxygen atoms in total. The number of hydrogen-bond donors (Lipinski definition) is 0. The number of carbonyl (C=O) groups excluding carboxylic acids is 1. The number of likely N-dealkylation sites (N-methyl/N-ethyl adjacent to an activating group) is 1. The molecule has 0 spiro atoms. The van der Waals surface area contributed by atoms with E-state index in [9.17, 15) is 9.18 Å². The number of amides is 1. The first-order valence-corrected chi connectivity index (χ1v) is 8.05. The van der Waals surface area contributed by atoms with Gasteiger partial charge in [0, 0.05) is 22.7 Å². The molecule has 1 fully saturated rings. The second kappa shape index (κ2) is 6.85. The number of carbonyl (C=O) groups is 1. The summed E-state index contributed by atoms with van der Waals surface area (Å²) in [5.41, 5.74) is 0.606. The van der Waals surface area contributed by atoms with Crippen LogP contribution in [0, 0.1) is 9.39 Å². The van der Waals surface area contributed by atoms with Crippen LogP contribution < -0.4 is 0 Å². The van der Waals surface area contributed by atoms with E-state index in [0.29, 0.717) is 9.13 Å². The van der Waals surface area contributed by atoms with Gasteiger partial charge in [-0.05, 0) is 67.2 Å². The summed E-state index contributed by atoms with van der Waals surface area (Å²) in [4.78, 5) is 17.0. The Balaban J connectivity index is 2.25. The molecule has 0 bridgehead atoms. The first-order chi connectivity index (χ1) is 9.52. The molecule has 1 aromatic rings. The Morgan fingerprint density at radius 3 is 2.85 bits per heavy atom. The molecule has 0 aliphatic carbocycles. The summed E-state index contributed by atoms with van der Waals surface area (Å²) in [7, 11) is 2.10. The van der Waals surface area contributed by atoms with Gasteiger partial charge in [-0.25, -0.2) is 4.39 Å². The van der Waals surface area contributed by atoms with E-state index in [-0.39, 0.29) is 17.8 Å². The second-order valence-electron chi connectivity index (χ2n) is 5.30. The number of nitrogens with zero attached hydrogens (tertiary/aromatic N) is 2. The highest BCUT2D eigenvalue weighted by Gasteiger charge is 2.27. The van der Waals surface area contributed by atoms with Crippen LogP contribution in [-0.4, -0.2) is 48.4 Å². The summed E-state index contributed by atoms with van der Waals surface area (Å²) in [6, 6.07) is 4.61. The molecular formula is C15H20FIN2O. The molecule has 1 atom stereocenters. The quantitative estimate of drug-likeness (QED) is 0.725. The number of halogens is 2. The highest BCUT2D eigenvalue weighted by Crippen LogP contribution is 2.20. The van der Waals surface area contributed by atoms with Gasteiger partial charge in [0.1, 0.15) is 5.82 Å². The van der Waals surface area contributed by atoms with Crippen molar-refractivity contribution in [1.29, 1.82) is 0 Å². The second-order valence-corrected chi connectivity index (χ2v) is 6.46. The topological polar surface area (TPSA) is 23.6 Å². The highest BCUT2D eigenvalue weighted by molar-refractivity contribution is 14.1. The zero-order valence-electron chi connectivity index (χ0n) is 11.9. The monoisotopic (exact) mass is 390 g/mol. The van der Waals surface area contributed by atoms with Gasteiger partial charge in [0.15, 0.2) is 0 Å². The zero-order chi connectivity index (χ0) is 14.7. The van der Waals surface area contributed by atoms with Crippen molar-refractivity contribution in [3.8, 4) is 0 Å². The predicted molar refractivity (Wildman–Crippen MR) is 86.3 cm³/mol. The Labute approximate surface area is 133 Å². The van der Waals surface area contributed by atoms with Crippen molar-refractivity contribution in [2.45, 2.75) is 25.8 Å². The van der Waals surface area contributed by atoms with Crippen molar-refractivity contribution >= 4 is 28.5 Å².